The van der Waals surface area contributed by atoms with Gasteiger partial charge in [-0.25, -0.2) is 4.68 Å². The predicted molar refractivity (Wildman–Crippen MR) is 86.4 cm³/mol. The van der Waals surface area contributed by atoms with Gasteiger partial charge in [0.05, 0.1) is 6.04 Å². The number of aromatic nitrogens is 8. The first kappa shape index (κ1) is 14.3. The summed E-state index contributed by atoms with van der Waals surface area (Å²) in [7, 11) is 0. The van der Waals surface area contributed by atoms with Gasteiger partial charge in [0, 0.05) is 10.9 Å². The number of nitrogens with zero attached hydrogens (tertiary/aromatic N) is 8. The molecule has 4 aromatic heterocycles. The molecule has 0 saturated carbocycles. The van der Waals surface area contributed by atoms with Crippen LogP contribution in [0.2, 0.25) is 0 Å². The molecule has 0 atom stereocenters. The van der Waals surface area contributed by atoms with Crippen LogP contribution >= 0.6 is 23.1 Å². The van der Waals surface area contributed by atoms with Crippen LogP contribution in [0.25, 0.3) is 17.0 Å². The highest BCUT2D eigenvalue weighted by molar-refractivity contribution is 7.99. The number of thiophene rings is 1. The summed E-state index contributed by atoms with van der Waals surface area (Å²) in [4.78, 5) is 0. The van der Waals surface area contributed by atoms with Gasteiger partial charge in [0.1, 0.15) is 5.03 Å². The van der Waals surface area contributed by atoms with Crippen LogP contribution in [0.15, 0.2) is 39.1 Å². The fraction of sp³-hybridized carbons (Fsp3) is 0.231. The van der Waals surface area contributed by atoms with Crippen LogP contribution in [0.1, 0.15) is 19.9 Å². The van der Waals surface area contributed by atoms with Gasteiger partial charge >= 0.3 is 0 Å². The Morgan fingerprint density at radius 3 is 2.83 bits per heavy atom. The molecule has 4 heterocycles. The van der Waals surface area contributed by atoms with Crippen LogP contribution < -0.4 is 0 Å². The summed E-state index contributed by atoms with van der Waals surface area (Å²) in [6.45, 7) is 4.07. The molecule has 0 aliphatic heterocycles. The minimum absolute atomic E-state index is 0.188. The number of tetrazole rings is 1. The van der Waals surface area contributed by atoms with Crippen LogP contribution in [0.4, 0.5) is 0 Å². The van der Waals surface area contributed by atoms with E-state index < -0.39 is 0 Å². The molecule has 0 aliphatic carbocycles. The van der Waals surface area contributed by atoms with Gasteiger partial charge in [-0.05, 0) is 59.6 Å². The van der Waals surface area contributed by atoms with Crippen molar-refractivity contribution in [2.45, 2.75) is 30.1 Å². The molecule has 116 valence electrons. The second kappa shape index (κ2) is 5.70. The van der Waals surface area contributed by atoms with Gasteiger partial charge in [0.2, 0.25) is 5.16 Å². The normalized spacial score (nSPS) is 11.6. The highest BCUT2D eigenvalue weighted by Crippen LogP contribution is 2.26. The molecule has 4 rings (SSSR count). The molecule has 0 aliphatic rings. The predicted octanol–water partition coefficient (Wildman–Crippen LogP) is 2.57. The Hall–Kier alpha value is -2.33. The smallest absolute Gasteiger partial charge is 0.215 e. The molecular formula is C13H12N8S2. The molecule has 0 unspecified atom stereocenters. The van der Waals surface area contributed by atoms with E-state index in [-0.39, 0.29) is 6.04 Å². The lowest BCUT2D eigenvalue weighted by Gasteiger charge is -2.06. The number of hydrogen-bond donors (Lipinski definition) is 0. The van der Waals surface area contributed by atoms with Crippen molar-refractivity contribution in [1.29, 1.82) is 0 Å². The maximum Gasteiger partial charge on any atom is 0.215 e. The zero-order valence-corrected chi connectivity index (χ0v) is 14.0. The van der Waals surface area contributed by atoms with Crippen molar-refractivity contribution in [2.75, 3.05) is 0 Å². The van der Waals surface area contributed by atoms with Crippen molar-refractivity contribution in [3.8, 4) is 11.4 Å². The van der Waals surface area contributed by atoms with E-state index in [0.29, 0.717) is 10.8 Å². The lowest BCUT2D eigenvalue weighted by Crippen LogP contribution is -2.05. The first-order chi connectivity index (χ1) is 11.2. The second-order valence-corrected chi connectivity index (χ2v) is 6.85. The Labute approximate surface area is 139 Å². The van der Waals surface area contributed by atoms with Crippen LogP contribution in [0.5, 0.6) is 0 Å². The average molecular weight is 344 g/mol. The van der Waals surface area contributed by atoms with Crippen molar-refractivity contribution in [3.63, 3.8) is 0 Å². The number of hydrogen-bond acceptors (Lipinski definition) is 8. The highest BCUT2D eigenvalue weighted by Gasteiger charge is 2.14. The van der Waals surface area contributed by atoms with Crippen molar-refractivity contribution in [3.05, 3.63) is 29.0 Å². The Kier molecular flexibility index (Phi) is 3.54. The monoisotopic (exact) mass is 344 g/mol. The first-order valence-electron chi connectivity index (χ1n) is 6.93. The van der Waals surface area contributed by atoms with Gasteiger partial charge in [-0.15, -0.1) is 15.3 Å². The van der Waals surface area contributed by atoms with E-state index in [0.717, 1.165) is 16.4 Å². The van der Waals surface area contributed by atoms with E-state index in [9.17, 15) is 0 Å². The summed E-state index contributed by atoms with van der Waals surface area (Å²) < 4.78 is 3.51. The standard InChI is InChI=1S/C13H12N8S2/c1-8(2)20-13(16-18-19-20)23-11-4-3-10-14-15-12(21(10)17-11)9-5-6-22-7-9/h3-8H,1-2H3. The lowest BCUT2D eigenvalue weighted by molar-refractivity contribution is 0.477. The van der Waals surface area contributed by atoms with Crippen molar-refractivity contribution in [1.82, 2.24) is 40.0 Å². The zero-order valence-electron chi connectivity index (χ0n) is 12.4. The van der Waals surface area contributed by atoms with E-state index in [4.69, 9.17) is 0 Å². The van der Waals surface area contributed by atoms with E-state index in [1.54, 1.807) is 20.5 Å². The maximum atomic E-state index is 4.62. The summed E-state index contributed by atoms with van der Waals surface area (Å²) in [6.07, 6.45) is 0. The topological polar surface area (TPSA) is 86.7 Å². The van der Waals surface area contributed by atoms with Crippen molar-refractivity contribution >= 4 is 28.7 Å². The fourth-order valence-corrected chi connectivity index (χ4v) is 3.57. The molecule has 23 heavy (non-hydrogen) atoms. The summed E-state index contributed by atoms with van der Waals surface area (Å²) in [5, 5.41) is 30.3. The number of fused-ring (bicyclic) bond motifs is 1. The summed E-state index contributed by atoms with van der Waals surface area (Å²) in [5.74, 6) is 0.729. The molecule has 0 spiro atoms. The van der Waals surface area contributed by atoms with Gasteiger partial charge in [-0.2, -0.15) is 21.0 Å². The van der Waals surface area contributed by atoms with Crippen LogP contribution in [-0.2, 0) is 0 Å². The first-order valence-corrected chi connectivity index (χ1v) is 8.69. The molecule has 0 radical (unpaired) electrons. The molecule has 0 saturated heterocycles. The minimum Gasteiger partial charge on any atom is -0.218 e. The largest absolute Gasteiger partial charge is 0.218 e. The van der Waals surface area contributed by atoms with Gasteiger partial charge in [0.15, 0.2) is 11.5 Å². The molecule has 0 amide bonds. The van der Waals surface area contributed by atoms with Gasteiger partial charge in [-0.3, -0.25) is 0 Å². The third kappa shape index (κ3) is 2.59. The molecule has 0 bridgehead atoms. The maximum absolute atomic E-state index is 4.62. The van der Waals surface area contributed by atoms with E-state index in [2.05, 4.69) is 30.8 Å². The molecule has 8 nitrogen and oxygen atoms in total. The van der Waals surface area contributed by atoms with E-state index >= 15 is 0 Å². The lowest BCUT2D eigenvalue weighted by atomic mass is 10.3. The van der Waals surface area contributed by atoms with Crippen LogP contribution in [0.3, 0.4) is 0 Å². The quantitative estimate of drug-likeness (QED) is 0.562. The van der Waals surface area contributed by atoms with Crippen molar-refractivity contribution in [2.24, 2.45) is 0 Å². The van der Waals surface area contributed by atoms with Crippen LogP contribution in [0, 0.1) is 0 Å². The Morgan fingerprint density at radius 2 is 2.04 bits per heavy atom. The van der Waals surface area contributed by atoms with Gasteiger partial charge in [0.25, 0.3) is 0 Å². The Balaban J connectivity index is 1.74. The van der Waals surface area contributed by atoms with E-state index in [1.807, 2.05) is 42.8 Å². The Morgan fingerprint density at radius 1 is 1.13 bits per heavy atom. The van der Waals surface area contributed by atoms with Gasteiger partial charge < -0.3 is 0 Å². The van der Waals surface area contributed by atoms with Crippen molar-refractivity contribution < 1.29 is 0 Å². The summed E-state index contributed by atoms with van der Waals surface area (Å²) in [6, 6.07) is 5.97. The molecule has 0 fully saturated rings. The number of rotatable bonds is 4. The molecule has 4 aromatic rings. The van der Waals surface area contributed by atoms with Gasteiger partial charge in [-0.1, -0.05) is 0 Å². The fourth-order valence-electron chi connectivity index (χ4n) is 2.07. The molecule has 0 N–H and O–H groups in total. The molecule has 0 aromatic carbocycles. The van der Waals surface area contributed by atoms with E-state index in [1.165, 1.54) is 11.8 Å². The third-order valence-electron chi connectivity index (χ3n) is 3.17. The van der Waals surface area contributed by atoms with Crippen LogP contribution in [-0.4, -0.2) is 40.0 Å². The zero-order chi connectivity index (χ0) is 15.8. The highest BCUT2D eigenvalue weighted by atomic mass is 32.2. The molecule has 10 heteroatoms. The Bertz CT molecular complexity index is 940. The molecular weight excluding hydrogens is 332 g/mol. The summed E-state index contributed by atoms with van der Waals surface area (Å²) in [5.41, 5.74) is 1.71. The minimum atomic E-state index is 0.188. The summed E-state index contributed by atoms with van der Waals surface area (Å²) >= 11 is 3.03. The second-order valence-electron chi connectivity index (χ2n) is 5.08. The SMILES string of the molecule is CC(C)n1nnnc1Sc1ccc2nnc(-c3ccsc3)n2n1. The third-order valence-corrected chi connectivity index (χ3v) is 4.73. The average Bonchev–Trinajstić information content (AvgIpc) is 3.26.